The topological polar surface area (TPSA) is 73.9 Å². The number of carbonyl (C=O) groups is 2. The molecule has 0 bridgehead atoms. The Balaban J connectivity index is 4.37. The van der Waals surface area contributed by atoms with Crippen LogP contribution < -0.4 is 5.32 Å². The van der Waals surface area contributed by atoms with Crippen molar-refractivity contribution >= 4 is 12.1 Å². The van der Waals surface area contributed by atoms with Gasteiger partial charge in [0.2, 0.25) is 0 Å². The second kappa shape index (κ2) is 6.78. The number of carbonyl (C=O) groups excluding carboxylic acids is 2. The average Bonchev–Trinajstić information content (AvgIpc) is 2.20. The molecule has 0 heterocycles. The highest BCUT2D eigenvalue weighted by Crippen LogP contribution is 2.07. The van der Waals surface area contributed by atoms with Gasteiger partial charge >= 0.3 is 12.1 Å². The van der Waals surface area contributed by atoms with Crippen LogP contribution in [-0.4, -0.2) is 37.4 Å². The van der Waals surface area contributed by atoms with Crippen LogP contribution in [0.5, 0.6) is 0 Å². The lowest BCUT2D eigenvalue weighted by molar-refractivity contribution is -0.144. The first-order valence-corrected chi connectivity index (χ1v) is 5.10. The van der Waals surface area contributed by atoms with Gasteiger partial charge in [-0.1, -0.05) is 6.58 Å². The molecule has 0 aliphatic carbocycles. The van der Waals surface area contributed by atoms with Crippen LogP contribution in [0.25, 0.3) is 0 Å². The number of hydrogen-bond acceptors (Lipinski definition) is 5. The summed E-state index contributed by atoms with van der Waals surface area (Å²) >= 11 is 0. The summed E-state index contributed by atoms with van der Waals surface area (Å²) in [5.74, 6) is -0.613. The Bertz CT molecular complexity index is 282. The van der Waals surface area contributed by atoms with E-state index in [1.165, 1.54) is 13.4 Å². The van der Waals surface area contributed by atoms with E-state index in [1.54, 1.807) is 20.8 Å². The van der Waals surface area contributed by atoms with Gasteiger partial charge in [-0.15, -0.1) is 0 Å². The minimum atomic E-state index is -0.923. The minimum absolute atomic E-state index is 0.0601. The third-order valence-corrected chi connectivity index (χ3v) is 1.56. The van der Waals surface area contributed by atoms with Crippen LogP contribution in [0, 0.1) is 0 Å². The fraction of sp³-hybridized carbons (Fsp3) is 0.636. The highest BCUT2D eigenvalue weighted by atomic mass is 16.6. The van der Waals surface area contributed by atoms with Gasteiger partial charge in [-0.05, 0) is 20.8 Å². The van der Waals surface area contributed by atoms with Gasteiger partial charge in [0.1, 0.15) is 12.2 Å². The van der Waals surface area contributed by atoms with E-state index in [1.807, 2.05) is 0 Å². The molecular weight excluding hydrogens is 226 g/mol. The fourth-order valence-corrected chi connectivity index (χ4v) is 0.925. The van der Waals surface area contributed by atoms with Crippen molar-refractivity contribution in [3.63, 3.8) is 0 Å². The number of hydrogen-bond donors (Lipinski definition) is 1. The Kier molecular flexibility index (Phi) is 6.09. The largest absolute Gasteiger partial charge is 0.499 e. The molecule has 0 saturated heterocycles. The van der Waals surface area contributed by atoms with Crippen LogP contribution in [0.4, 0.5) is 4.79 Å². The van der Waals surface area contributed by atoms with E-state index in [0.717, 1.165) is 0 Å². The zero-order valence-electron chi connectivity index (χ0n) is 10.6. The second-order valence-corrected chi connectivity index (χ2v) is 4.22. The molecule has 1 N–H and O–H groups in total. The number of alkyl carbamates (subject to hydrolysis) is 1. The van der Waals surface area contributed by atoms with E-state index >= 15 is 0 Å². The Morgan fingerprint density at radius 3 is 2.41 bits per heavy atom. The quantitative estimate of drug-likeness (QED) is 0.582. The highest BCUT2D eigenvalue weighted by molar-refractivity contribution is 5.81. The van der Waals surface area contributed by atoms with Crippen molar-refractivity contribution in [2.75, 3.05) is 13.7 Å². The summed E-state index contributed by atoms with van der Waals surface area (Å²) in [7, 11) is 1.22. The molecule has 0 saturated carbocycles. The SMILES string of the molecule is C=COC[C@H](NC(=O)OC(C)(C)C)C(=O)OC. The third-order valence-electron chi connectivity index (χ3n) is 1.56. The van der Waals surface area contributed by atoms with Crippen molar-refractivity contribution in [2.45, 2.75) is 32.4 Å². The van der Waals surface area contributed by atoms with Crippen LogP contribution in [-0.2, 0) is 19.0 Å². The lowest BCUT2D eigenvalue weighted by atomic mass is 10.2. The Morgan fingerprint density at radius 2 is 2.00 bits per heavy atom. The van der Waals surface area contributed by atoms with Gasteiger partial charge in [0.05, 0.1) is 13.4 Å². The summed E-state index contributed by atoms with van der Waals surface area (Å²) in [5.41, 5.74) is -0.635. The molecule has 0 radical (unpaired) electrons. The Morgan fingerprint density at radius 1 is 1.41 bits per heavy atom. The smallest absolute Gasteiger partial charge is 0.408 e. The molecule has 6 nitrogen and oxygen atoms in total. The van der Waals surface area contributed by atoms with E-state index in [0.29, 0.717) is 0 Å². The number of methoxy groups -OCH3 is 1. The maximum atomic E-state index is 11.4. The van der Waals surface area contributed by atoms with Crippen molar-refractivity contribution in [3.05, 3.63) is 12.8 Å². The molecule has 0 unspecified atom stereocenters. The molecular formula is C11H19NO5. The van der Waals surface area contributed by atoms with Crippen LogP contribution in [0.1, 0.15) is 20.8 Å². The Labute approximate surface area is 101 Å². The molecule has 6 heteroatoms. The number of rotatable bonds is 5. The van der Waals surface area contributed by atoms with Gasteiger partial charge in [-0.3, -0.25) is 0 Å². The molecule has 0 spiro atoms. The summed E-state index contributed by atoms with van der Waals surface area (Å²) in [5, 5.41) is 2.35. The summed E-state index contributed by atoms with van der Waals surface area (Å²) in [6.07, 6.45) is 0.466. The number of esters is 1. The molecule has 0 aromatic rings. The van der Waals surface area contributed by atoms with Crippen molar-refractivity contribution < 1.29 is 23.8 Å². The van der Waals surface area contributed by atoms with Crippen molar-refractivity contribution in [3.8, 4) is 0 Å². The monoisotopic (exact) mass is 245 g/mol. The average molecular weight is 245 g/mol. The zero-order chi connectivity index (χ0) is 13.5. The summed E-state index contributed by atoms with van der Waals surface area (Å²) in [4.78, 5) is 22.7. The lowest BCUT2D eigenvalue weighted by Gasteiger charge is -2.22. The molecule has 1 amide bonds. The molecule has 0 aromatic heterocycles. The zero-order valence-corrected chi connectivity index (χ0v) is 10.6. The van der Waals surface area contributed by atoms with Gasteiger partial charge in [0.15, 0.2) is 6.04 Å². The first-order valence-electron chi connectivity index (χ1n) is 5.10. The number of ether oxygens (including phenoxy) is 3. The highest BCUT2D eigenvalue weighted by Gasteiger charge is 2.25. The van der Waals surface area contributed by atoms with Crippen molar-refractivity contribution in [1.29, 1.82) is 0 Å². The summed E-state index contributed by atoms with van der Waals surface area (Å²) in [6.45, 7) is 8.44. The molecule has 1 atom stereocenters. The maximum absolute atomic E-state index is 11.4. The number of nitrogens with one attached hydrogen (secondary N) is 1. The standard InChI is InChI=1S/C11H19NO5/c1-6-16-7-8(9(13)15-5)12-10(14)17-11(2,3)4/h6,8H,1,7H2,2-5H3,(H,12,14)/t8-/m0/s1. The molecule has 0 aromatic carbocycles. The van der Waals surface area contributed by atoms with Gasteiger partial charge in [-0.25, -0.2) is 9.59 Å². The number of amides is 1. The van der Waals surface area contributed by atoms with Crippen LogP contribution in [0.3, 0.4) is 0 Å². The minimum Gasteiger partial charge on any atom is -0.499 e. The van der Waals surface area contributed by atoms with Crippen LogP contribution in [0.2, 0.25) is 0 Å². The van der Waals surface area contributed by atoms with Crippen molar-refractivity contribution in [2.24, 2.45) is 0 Å². The molecule has 0 aliphatic heterocycles. The predicted octanol–water partition coefficient (Wildman–Crippen LogP) is 1.21. The second-order valence-electron chi connectivity index (χ2n) is 4.22. The lowest BCUT2D eigenvalue weighted by Crippen LogP contribution is -2.46. The van der Waals surface area contributed by atoms with Gasteiger partial charge in [0, 0.05) is 0 Å². The first-order chi connectivity index (χ1) is 7.80. The fourth-order valence-electron chi connectivity index (χ4n) is 0.925. The molecule has 0 aliphatic rings. The Hall–Kier alpha value is -1.72. The van der Waals surface area contributed by atoms with E-state index in [2.05, 4.69) is 16.6 Å². The van der Waals surface area contributed by atoms with Crippen LogP contribution in [0.15, 0.2) is 12.8 Å². The van der Waals surface area contributed by atoms with Crippen LogP contribution >= 0.6 is 0 Å². The summed E-state index contributed by atoms with van der Waals surface area (Å²) < 4.78 is 14.4. The van der Waals surface area contributed by atoms with E-state index in [-0.39, 0.29) is 6.61 Å². The van der Waals surface area contributed by atoms with E-state index in [9.17, 15) is 9.59 Å². The summed E-state index contributed by atoms with van der Waals surface area (Å²) in [6, 6.07) is -0.923. The normalized spacial score (nSPS) is 12.2. The molecule has 98 valence electrons. The molecule has 0 rings (SSSR count). The maximum Gasteiger partial charge on any atom is 0.408 e. The van der Waals surface area contributed by atoms with E-state index < -0.39 is 23.7 Å². The van der Waals surface area contributed by atoms with Gasteiger partial charge in [-0.2, -0.15) is 0 Å². The predicted molar refractivity (Wildman–Crippen MR) is 61.3 cm³/mol. The third kappa shape index (κ3) is 7.21. The van der Waals surface area contributed by atoms with Crippen molar-refractivity contribution in [1.82, 2.24) is 5.32 Å². The van der Waals surface area contributed by atoms with Gasteiger partial charge in [0.25, 0.3) is 0 Å². The molecule has 17 heavy (non-hydrogen) atoms. The van der Waals surface area contributed by atoms with Gasteiger partial charge < -0.3 is 19.5 Å². The first kappa shape index (κ1) is 15.3. The molecule has 0 fully saturated rings. The van der Waals surface area contributed by atoms with E-state index in [4.69, 9.17) is 9.47 Å².